The van der Waals surface area contributed by atoms with Crippen LogP contribution in [-0.4, -0.2) is 39.0 Å². The topological polar surface area (TPSA) is 46.2 Å². The number of hydrogen-bond acceptors (Lipinski definition) is 5. The highest BCUT2D eigenvalue weighted by atomic mass is 16.9. The van der Waals surface area contributed by atoms with Crippen LogP contribution < -0.4 is 0 Å². The van der Waals surface area contributed by atoms with E-state index in [1.165, 1.54) is 0 Å². The lowest BCUT2D eigenvalue weighted by Crippen LogP contribution is -2.31. The average molecular weight is 344 g/mol. The molecule has 2 aromatic carbocycles. The molecule has 1 saturated heterocycles. The molecule has 0 bridgehead atoms. The molecule has 3 rings (SSSR count). The molecule has 0 saturated carbocycles. The van der Waals surface area contributed by atoms with Crippen molar-refractivity contribution in [1.29, 1.82) is 0 Å². The van der Waals surface area contributed by atoms with E-state index >= 15 is 0 Å². The zero-order chi connectivity index (χ0) is 17.3. The summed E-state index contributed by atoms with van der Waals surface area (Å²) in [6.07, 6.45) is -0.436. The summed E-state index contributed by atoms with van der Waals surface area (Å²) in [5, 5.41) is 0. The molecule has 1 aliphatic heterocycles. The largest absolute Gasteiger partial charge is 0.374 e. The van der Waals surface area contributed by atoms with Crippen LogP contribution in [0.2, 0.25) is 0 Å². The molecule has 1 fully saturated rings. The maximum atomic E-state index is 5.78. The van der Waals surface area contributed by atoms with Gasteiger partial charge in [-0.2, -0.15) is 0 Å². The molecule has 0 N–H and O–H groups in total. The minimum Gasteiger partial charge on any atom is -0.374 e. The molecular weight excluding hydrogens is 320 g/mol. The van der Waals surface area contributed by atoms with Crippen LogP contribution in [0.5, 0.6) is 0 Å². The molecule has 0 unspecified atom stereocenters. The number of benzene rings is 2. The van der Waals surface area contributed by atoms with E-state index in [1.54, 1.807) is 7.11 Å². The van der Waals surface area contributed by atoms with E-state index in [0.29, 0.717) is 26.4 Å². The minimum atomic E-state index is -0.671. The van der Waals surface area contributed by atoms with Crippen molar-refractivity contribution in [3.63, 3.8) is 0 Å². The summed E-state index contributed by atoms with van der Waals surface area (Å²) in [6.45, 7) is 1.25. The van der Waals surface area contributed by atoms with Crippen molar-refractivity contribution in [2.24, 2.45) is 0 Å². The Morgan fingerprint density at radius 3 is 1.56 bits per heavy atom. The van der Waals surface area contributed by atoms with Crippen LogP contribution in [-0.2, 0) is 36.9 Å². The number of hydrogen-bond donors (Lipinski definition) is 0. The van der Waals surface area contributed by atoms with E-state index in [1.807, 2.05) is 60.7 Å². The molecule has 25 heavy (non-hydrogen) atoms. The lowest BCUT2D eigenvalue weighted by atomic mass is 10.2. The molecule has 5 nitrogen and oxygen atoms in total. The van der Waals surface area contributed by atoms with Crippen LogP contribution in [0, 0.1) is 0 Å². The van der Waals surface area contributed by atoms with Gasteiger partial charge in [-0.25, -0.2) is 0 Å². The number of rotatable bonds is 9. The lowest BCUT2D eigenvalue weighted by Gasteiger charge is -2.17. The van der Waals surface area contributed by atoms with E-state index in [4.69, 9.17) is 23.7 Å². The smallest absolute Gasteiger partial charge is 0.272 e. The normalized spacial score (nSPS) is 20.8. The van der Waals surface area contributed by atoms with Crippen LogP contribution in [0.25, 0.3) is 0 Å². The zero-order valence-electron chi connectivity index (χ0n) is 14.4. The third kappa shape index (κ3) is 5.63. The Labute approximate surface area is 148 Å². The highest BCUT2D eigenvalue weighted by molar-refractivity contribution is 5.14. The zero-order valence-corrected chi connectivity index (χ0v) is 14.4. The third-order valence-corrected chi connectivity index (χ3v) is 3.97. The second-order valence-corrected chi connectivity index (χ2v) is 5.87. The maximum Gasteiger partial charge on any atom is 0.272 e. The Morgan fingerprint density at radius 1 is 0.720 bits per heavy atom. The van der Waals surface area contributed by atoms with Crippen molar-refractivity contribution in [2.45, 2.75) is 31.9 Å². The molecule has 0 radical (unpaired) electrons. The highest BCUT2D eigenvalue weighted by Gasteiger charge is 2.36. The summed E-state index contributed by atoms with van der Waals surface area (Å²) < 4.78 is 28.1. The van der Waals surface area contributed by atoms with E-state index in [9.17, 15) is 0 Å². The molecular formula is C20H24O5. The van der Waals surface area contributed by atoms with Gasteiger partial charge in [-0.1, -0.05) is 60.7 Å². The van der Waals surface area contributed by atoms with Gasteiger partial charge in [0.15, 0.2) is 0 Å². The Kier molecular flexibility index (Phi) is 6.97. The van der Waals surface area contributed by atoms with Gasteiger partial charge in [0.05, 0.1) is 26.4 Å². The van der Waals surface area contributed by atoms with Gasteiger partial charge in [0.25, 0.3) is 6.48 Å². The molecule has 0 aliphatic carbocycles. The van der Waals surface area contributed by atoms with Crippen molar-refractivity contribution in [3.05, 3.63) is 71.8 Å². The molecule has 2 aromatic rings. The Bertz CT molecular complexity index is 550. The fourth-order valence-corrected chi connectivity index (χ4v) is 2.63. The molecule has 0 spiro atoms. The van der Waals surface area contributed by atoms with Crippen molar-refractivity contribution in [2.75, 3.05) is 20.3 Å². The first-order chi connectivity index (χ1) is 12.3. The Balaban J connectivity index is 1.44. The second-order valence-electron chi connectivity index (χ2n) is 5.87. The number of ether oxygens (including phenoxy) is 5. The maximum absolute atomic E-state index is 5.78. The van der Waals surface area contributed by atoms with Crippen molar-refractivity contribution in [3.8, 4) is 0 Å². The summed E-state index contributed by atoms with van der Waals surface area (Å²) in [5.41, 5.74) is 2.25. The highest BCUT2D eigenvalue weighted by Crippen LogP contribution is 2.21. The summed E-state index contributed by atoms with van der Waals surface area (Å²) in [4.78, 5) is 0. The van der Waals surface area contributed by atoms with E-state index in [0.717, 1.165) is 11.1 Å². The van der Waals surface area contributed by atoms with Gasteiger partial charge in [-0.15, -0.1) is 0 Å². The lowest BCUT2D eigenvalue weighted by molar-refractivity contribution is -0.232. The fraction of sp³-hybridized carbons (Fsp3) is 0.400. The van der Waals surface area contributed by atoms with Gasteiger partial charge >= 0.3 is 0 Å². The quantitative estimate of drug-likeness (QED) is 0.699. The monoisotopic (exact) mass is 344 g/mol. The van der Waals surface area contributed by atoms with Gasteiger partial charge in [0.1, 0.15) is 12.2 Å². The minimum absolute atomic E-state index is 0.218. The predicted molar refractivity (Wildman–Crippen MR) is 92.7 cm³/mol. The first-order valence-corrected chi connectivity index (χ1v) is 8.42. The molecule has 5 heteroatoms. The van der Waals surface area contributed by atoms with Gasteiger partial charge < -0.3 is 23.7 Å². The van der Waals surface area contributed by atoms with E-state index in [-0.39, 0.29) is 12.2 Å². The van der Waals surface area contributed by atoms with Crippen molar-refractivity contribution >= 4 is 0 Å². The first-order valence-electron chi connectivity index (χ1n) is 8.42. The fourth-order valence-electron chi connectivity index (χ4n) is 2.63. The van der Waals surface area contributed by atoms with Crippen molar-refractivity contribution < 1.29 is 23.7 Å². The van der Waals surface area contributed by atoms with Crippen molar-refractivity contribution in [1.82, 2.24) is 0 Å². The van der Waals surface area contributed by atoms with Gasteiger partial charge in [-0.05, 0) is 11.1 Å². The molecule has 0 amide bonds. The molecule has 1 heterocycles. The predicted octanol–water partition coefficient (Wildman–Crippen LogP) is 3.13. The SMILES string of the molecule is COC1O[C@H](COCc2ccccc2)[C@@H](COCc2ccccc2)O1. The standard InChI is InChI=1S/C20H24O5/c1-21-20-24-18(14-22-12-16-8-4-2-5-9-16)19(25-20)15-23-13-17-10-6-3-7-11-17/h2-11,18-20H,12-15H2,1H3/t18-,19-/m1/s1. The summed E-state index contributed by atoms with van der Waals surface area (Å²) in [6, 6.07) is 20.1. The van der Waals surface area contributed by atoms with Gasteiger partial charge in [0.2, 0.25) is 0 Å². The second kappa shape index (κ2) is 9.65. The van der Waals surface area contributed by atoms with Crippen LogP contribution >= 0.6 is 0 Å². The van der Waals surface area contributed by atoms with Crippen LogP contribution in [0.1, 0.15) is 11.1 Å². The Morgan fingerprint density at radius 2 is 1.16 bits per heavy atom. The Hall–Kier alpha value is -1.76. The summed E-state index contributed by atoms with van der Waals surface area (Å²) in [7, 11) is 1.56. The summed E-state index contributed by atoms with van der Waals surface area (Å²) in [5.74, 6) is 0. The van der Waals surface area contributed by atoms with Crippen LogP contribution in [0.15, 0.2) is 60.7 Å². The molecule has 2 atom stereocenters. The van der Waals surface area contributed by atoms with Gasteiger partial charge in [-0.3, -0.25) is 0 Å². The average Bonchev–Trinajstić information content (AvgIpc) is 3.06. The molecule has 1 aliphatic rings. The van der Waals surface area contributed by atoms with E-state index < -0.39 is 6.48 Å². The molecule has 0 aromatic heterocycles. The molecule has 134 valence electrons. The summed E-state index contributed by atoms with van der Waals surface area (Å²) >= 11 is 0. The number of methoxy groups -OCH3 is 1. The van der Waals surface area contributed by atoms with Gasteiger partial charge in [0, 0.05) is 7.11 Å². The third-order valence-electron chi connectivity index (χ3n) is 3.97. The van der Waals surface area contributed by atoms with Crippen LogP contribution in [0.4, 0.5) is 0 Å². The van der Waals surface area contributed by atoms with Crippen LogP contribution in [0.3, 0.4) is 0 Å². The first kappa shape index (κ1) is 18.0. The van der Waals surface area contributed by atoms with E-state index in [2.05, 4.69) is 0 Å².